The maximum absolute atomic E-state index is 6.93. The van der Waals surface area contributed by atoms with Gasteiger partial charge in [0, 0.05) is 43.4 Å². The molecule has 11 aromatic carbocycles. The second kappa shape index (κ2) is 14.6. The van der Waals surface area contributed by atoms with Gasteiger partial charge in [-0.1, -0.05) is 188 Å². The molecule has 15 aromatic rings. The normalized spacial score (nSPS) is 12.1. The van der Waals surface area contributed by atoms with Crippen LogP contribution in [0.4, 0.5) is 0 Å². The zero-order valence-electron chi connectivity index (χ0n) is 37.0. The van der Waals surface area contributed by atoms with Gasteiger partial charge in [0.2, 0.25) is 5.95 Å². The van der Waals surface area contributed by atoms with Crippen molar-refractivity contribution in [1.82, 2.24) is 24.1 Å². The minimum atomic E-state index is 0.532. The van der Waals surface area contributed by atoms with E-state index < -0.39 is 0 Å². The summed E-state index contributed by atoms with van der Waals surface area (Å²) in [5, 5.41) is 13.8. The van der Waals surface area contributed by atoms with Crippen LogP contribution in [0.15, 0.2) is 229 Å². The fourth-order valence-corrected chi connectivity index (χ4v) is 11.1. The monoisotopic (exact) mass is 879 g/mol. The van der Waals surface area contributed by atoms with E-state index in [9.17, 15) is 0 Å². The Labute approximate surface area is 394 Å². The van der Waals surface area contributed by atoms with Crippen LogP contribution in [0.3, 0.4) is 0 Å². The third kappa shape index (κ3) is 5.57. The summed E-state index contributed by atoms with van der Waals surface area (Å²) in [7, 11) is 0. The quantitative estimate of drug-likeness (QED) is 0.162. The average molecular weight is 880 g/mol. The van der Waals surface area contributed by atoms with E-state index in [4.69, 9.17) is 19.4 Å². The largest absolute Gasteiger partial charge is 0.454 e. The molecule has 0 unspecified atom stereocenters. The first-order valence-electron chi connectivity index (χ1n) is 23.4. The molecule has 69 heavy (non-hydrogen) atoms. The molecule has 4 heterocycles. The molecule has 0 saturated carbocycles. The molecule has 15 rings (SSSR count). The Morgan fingerprint density at radius 3 is 1.41 bits per heavy atom. The highest BCUT2D eigenvalue weighted by Gasteiger charge is 2.26. The lowest BCUT2D eigenvalue weighted by Gasteiger charge is -2.15. The summed E-state index contributed by atoms with van der Waals surface area (Å²) in [6.07, 6.45) is 0. The van der Waals surface area contributed by atoms with E-state index in [0.29, 0.717) is 17.6 Å². The molecule has 0 saturated heterocycles. The number of aromatic nitrogens is 5. The highest BCUT2D eigenvalue weighted by Crippen LogP contribution is 2.45. The van der Waals surface area contributed by atoms with Crippen molar-refractivity contribution >= 4 is 97.9 Å². The van der Waals surface area contributed by atoms with Crippen molar-refractivity contribution in [2.24, 2.45) is 0 Å². The lowest BCUT2D eigenvalue weighted by molar-refractivity contribution is 0.666. The Bertz CT molecular complexity index is 4570. The summed E-state index contributed by atoms with van der Waals surface area (Å²) in [4.78, 5) is 16.3. The molecular weight excluding hydrogens is 843 g/mol. The number of rotatable bonds is 5. The fourth-order valence-electron chi connectivity index (χ4n) is 11.1. The minimum absolute atomic E-state index is 0.532. The zero-order chi connectivity index (χ0) is 45.2. The van der Waals surface area contributed by atoms with Gasteiger partial charge in [0.25, 0.3) is 0 Å². The van der Waals surface area contributed by atoms with E-state index in [1.165, 1.54) is 26.9 Å². The van der Waals surface area contributed by atoms with Gasteiger partial charge in [-0.2, -0.15) is 9.97 Å². The van der Waals surface area contributed by atoms with Crippen LogP contribution in [0.2, 0.25) is 0 Å². The number of fused-ring (bicyclic) bond motifs is 16. The second-order valence-corrected chi connectivity index (χ2v) is 17.9. The molecule has 320 valence electrons. The number of hydrogen-bond donors (Lipinski definition) is 0. The lowest BCUT2D eigenvalue weighted by Crippen LogP contribution is -2.07. The minimum Gasteiger partial charge on any atom is -0.454 e. The zero-order valence-corrected chi connectivity index (χ0v) is 37.0. The van der Waals surface area contributed by atoms with Gasteiger partial charge in [-0.25, -0.2) is 4.98 Å². The molecule has 0 aliphatic carbocycles. The van der Waals surface area contributed by atoms with Crippen molar-refractivity contribution in [1.29, 1.82) is 0 Å². The van der Waals surface area contributed by atoms with E-state index in [-0.39, 0.29) is 0 Å². The highest BCUT2D eigenvalue weighted by molar-refractivity contribution is 6.26. The SMILES string of the molecule is c1ccc(-c2cc(-n3c4ccccc4c4ccc5c6ccccc6n(-c6nc(-c7ccccc7)nc(-c7ccc8c9ccccc9c9ccccc9c8c7)n6)c5c43)c3oc4ccccc4c3c2)cc1. The molecule has 0 atom stereocenters. The summed E-state index contributed by atoms with van der Waals surface area (Å²) in [6.45, 7) is 0. The predicted octanol–water partition coefficient (Wildman–Crippen LogP) is 16.4. The van der Waals surface area contributed by atoms with Crippen LogP contribution in [0, 0.1) is 0 Å². The second-order valence-electron chi connectivity index (χ2n) is 17.9. The molecule has 6 heteroatoms. The van der Waals surface area contributed by atoms with Crippen molar-refractivity contribution in [3.8, 4) is 45.5 Å². The van der Waals surface area contributed by atoms with Gasteiger partial charge in [0.05, 0.1) is 27.8 Å². The maximum atomic E-state index is 6.93. The summed E-state index contributed by atoms with van der Waals surface area (Å²) >= 11 is 0. The Morgan fingerprint density at radius 2 is 0.754 bits per heavy atom. The number of nitrogens with zero attached hydrogens (tertiary/aromatic N) is 5. The molecule has 6 nitrogen and oxygen atoms in total. The summed E-state index contributed by atoms with van der Waals surface area (Å²) in [5.74, 6) is 1.72. The lowest BCUT2D eigenvalue weighted by atomic mass is 9.93. The van der Waals surface area contributed by atoms with Gasteiger partial charge in [-0.3, -0.25) is 4.57 Å². The van der Waals surface area contributed by atoms with E-state index in [1.807, 2.05) is 24.3 Å². The van der Waals surface area contributed by atoms with E-state index in [1.54, 1.807) is 0 Å². The van der Waals surface area contributed by atoms with Crippen LogP contribution in [0.5, 0.6) is 0 Å². The number of hydrogen-bond acceptors (Lipinski definition) is 4. The van der Waals surface area contributed by atoms with Crippen molar-refractivity contribution < 1.29 is 4.42 Å². The third-order valence-electron chi connectivity index (χ3n) is 14.1. The van der Waals surface area contributed by atoms with Crippen LogP contribution in [-0.4, -0.2) is 24.1 Å². The Hall–Kier alpha value is -9.39. The van der Waals surface area contributed by atoms with Crippen LogP contribution < -0.4 is 0 Å². The van der Waals surface area contributed by atoms with Crippen LogP contribution >= 0.6 is 0 Å². The first kappa shape index (κ1) is 37.8. The first-order chi connectivity index (χ1) is 34.2. The Kier molecular flexibility index (Phi) is 7.97. The molecule has 0 radical (unpaired) electrons. The standard InChI is InChI=1S/C63H37N5O/c1-3-17-38(18-4-1)41-36-53-49-27-13-16-30-57(49)69-60(53)56(37-41)67-54-28-14-11-25-47(54)50-33-34-51-48-26-12-15-29-55(48)68(59(51)58(50)67)63-65-61(39-19-5-2-6-20-39)64-62(66-63)40-31-32-46-44-23-8-7-21-42(44)43-22-9-10-24-45(43)52(46)35-40/h1-37H. The Balaban J connectivity index is 1.07. The molecule has 0 spiro atoms. The molecule has 0 fully saturated rings. The van der Waals surface area contributed by atoms with Gasteiger partial charge < -0.3 is 8.98 Å². The topological polar surface area (TPSA) is 61.7 Å². The average Bonchev–Trinajstić information content (AvgIpc) is 4.09. The molecule has 0 aliphatic heterocycles. The molecular formula is C63H37N5O. The van der Waals surface area contributed by atoms with Crippen molar-refractivity contribution in [2.75, 3.05) is 0 Å². The third-order valence-corrected chi connectivity index (χ3v) is 14.1. The summed E-state index contributed by atoms with van der Waals surface area (Å²) in [5.41, 5.74) is 10.8. The van der Waals surface area contributed by atoms with Crippen molar-refractivity contribution in [3.63, 3.8) is 0 Å². The van der Waals surface area contributed by atoms with Crippen LogP contribution in [-0.2, 0) is 0 Å². The Morgan fingerprint density at radius 1 is 0.290 bits per heavy atom. The number of benzene rings is 11. The number of para-hydroxylation sites is 3. The van der Waals surface area contributed by atoms with Crippen LogP contribution in [0.25, 0.3) is 143 Å². The highest BCUT2D eigenvalue weighted by atomic mass is 16.3. The van der Waals surface area contributed by atoms with E-state index >= 15 is 0 Å². The van der Waals surface area contributed by atoms with Crippen LogP contribution in [0.1, 0.15) is 0 Å². The van der Waals surface area contributed by atoms with Crippen molar-refractivity contribution in [2.45, 2.75) is 0 Å². The molecule has 0 amide bonds. The molecule has 4 aromatic heterocycles. The van der Waals surface area contributed by atoms with E-state index in [0.717, 1.165) is 98.9 Å². The maximum Gasteiger partial charge on any atom is 0.238 e. The van der Waals surface area contributed by atoms with Crippen molar-refractivity contribution in [3.05, 3.63) is 224 Å². The first-order valence-corrected chi connectivity index (χ1v) is 23.4. The molecule has 0 bridgehead atoms. The smallest absolute Gasteiger partial charge is 0.238 e. The van der Waals surface area contributed by atoms with Gasteiger partial charge in [-0.15, -0.1) is 0 Å². The fraction of sp³-hybridized carbons (Fsp3) is 0. The predicted molar refractivity (Wildman–Crippen MR) is 285 cm³/mol. The van der Waals surface area contributed by atoms with E-state index in [2.05, 4.69) is 209 Å². The van der Waals surface area contributed by atoms with Gasteiger partial charge in [-0.05, 0) is 79.8 Å². The van der Waals surface area contributed by atoms with Gasteiger partial charge in [0.15, 0.2) is 17.2 Å². The molecule has 0 N–H and O–H groups in total. The number of furan rings is 1. The van der Waals surface area contributed by atoms with Gasteiger partial charge in [0.1, 0.15) is 5.58 Å². The molecule has 0 aliphatic rings. The summed E-state index contributed by atoms with van der Waals surface area (Å²) in [6, 6.07) is 79.7. The van der Waals surface area contributed by atoms with Gasteiger partial charge >= 0.3 is 0 Å². The summed E-state index contributed by atoms with van der Waals surface area (Å²) < 4.78 is 11.6.